The average Bonchev–Trinajstić information content (AvgIpc) is 3.06. The number of aromatic nitrogens is 1. The number of hydrogen-bond donors (Lipinski definition) is 3. The molecule has 2 aliphatic heterocycles. The molecule has 0 fully saturated rings. The first-order chi connectivity index (χ1) is 14.6. The van der Waals surface area contributed by atoms with Gasteiger partial charge in [-0.2, -0.15) is 13.2 Å². The molecule has 31 heavy (non-hydrogen) atoms. The highest BCUT2D eigenvalue weighted by Gasteiger charge is 2.36. The van der Waals surface area contributed by atoms with Crippen LogP contribution in [-0.2, 0) is 11.2 Å². The monoisotopic (exact) mass is 441 g/mol. The molecule has 1 amide bonds. The minimum Gasteiger partial charge on any atom is -0.490 e. The highest BCUT2D eigenvalue weighted by molar-refractivity contribution is 5.79. The fraction of sp³-hybridized carbons (Fsp3) is 0.300. The zero-order chi connectivity index (χ0) is 22.5. The fourth-order valence-electron chi connectivity index (χ4n) is 3.85. The number of pyridine rings is 1. The number of H-pyrrole nitrogens is 1. The van der Waals surface area contributed by atoms with E-state index in [4.69, 9.17) is 4.74 Å². The standard InChI is InChI=1S/C20H16F5N3O3/c1-8-10(19(30)28-12-2-3-26-18(16(8)12)20(23,24)25)6-15(29)27-13-7-31-14-5-9(21)4-11(22)17(13)14/h2,4-5,13,26H,3,6-7H2,1H3,(H,27,29)(H,28,30)/t13-/m0/s1. The van der Waals surface area contributed by atoms with Crippen molar-refractivity contribution in [2.75, 3.05) is 13.2 Å². The van der Waals surface area contributed by atoms with Crippen LogP contribution in [0.3, 0.4) is 0 Å². The number of carbonyl (C=O) groups is 1. The number of alkyl halides is 3. The van der Waals surface area contributed by atoms with Gasteiger partial charge in [0.15, 0.2) is 0 Å². The van der Waals surface area contributed by atoms with Gasteiger partial charge in [-0.25, -0.2) is 8.78 Å². The lowest BCUT2D eigenvalue weighted by Crippen LogP contribution is -2.49. The summed E-state index contributed by atoms with van der Waals surface area (Å²) in [6.07, 6.45) is -3.80. The quantitative estimate of drug-likeness (QED) is 0.616. The minimum atomic E-state index is -4.68. The maximum atomic E-state index is 14.1. The van der Waals surface area contributed by atoms with Gasteiger partial charge in [0.2, 0.25) is 5.91 Å². The van der Waals surface area contributed by atoms with Gasteiger partial charge in [0, 0.05) is 34.8 Å². The maximum Gasteiger partial charge on any atom is 0.431 e. The molecule has 0 saturated heterocycles. The van der Waals surface area contributed by atoms with Gasteiger partial charge in [-0.15, -0.1) is 0 Å². The molecule has 0 saturated carbocycles. The van der Waals surface area contributed by atoms with Crippen molar-refractivity contribution in [1.82, 2.24) is 15.6 Å². The van der Waals surface area contributed by atoms with Gasteiger partial charge in [0.05, 0.1) is 18.0 Å². The summed E-state index contributed by atoms with van der Waals surface area (Å²) in [5, 5.41) is 4.55. The average molecular weight is 441 g/mol. The van der Waals surface area contributed by atoms with Crippen LogP contribution in [0, 0.1) is 18.6 Å². The number of rotatable bonds is 3. The van der Waals surface area contributed by atoms with Crippen molar-refractivity contribution in [3.63, 3.8) is 0 Å². The molecule has 1 aromatic carbocycles. The second-order valence-corrected chi connectivity index (χ2v) is 7.21. The van der Waals surface area contributed by atoms with Crippen LogP contribution < -0.4 is 31.5 Å². The Kier molecular flexibility index (Phi) is 4.98. The number of nitrogens with one attached hydrogen (secondary N) is 3. The van der Waals surface area contributed by atoms with Crippen molar-refractivity contribution in [2.24, 2.45) is 0 Å². The van der Waals surface area contributed by atoms with Crippen LogP contribution in [0.4, 0.5) is 22.0 Å². The molecule has 2 aromatic rings. The van der Waals surface area contributed by atoms with E-state index in [9.17, 15) is 31.5 Å². The number of benzene rings is 1. The van der Waals surface area contributed by atoms with E-state index in [1.165, 1.54) is 13.0 Å². The summed E-state index contributed by atoms with van der Waals surface area (Å²) in [4.78, 5) is 27.4. The molecule has 0 bridgehead atoms. The summed E-state index contributed by atoms with van der Waals surface area (Å²) in [6, 6.07) is 0.719. The largest absolute Gasteiger partial charge is 0.490 e. The van der Waals surface area contributed by atoms with Gasteiger partial charge in [-0.1, -0.05) is 0 Å². The summed E-state index contributed by atoms with van der Waals surface area (Å²) in [5.74, 6) is -2.50. The predicted molar refractivity (Wildman–Crippen MR) is 99.4 cm³/mol. The fourth-order valence-corrected chi connectivity index (χ4v) is 3.85. The third-order valence-electron chi connectivity index (χ3n) is 5.22. The van der Waals surface area contributed by atoms with Crippen molar-refractivity contribution in [3.05, 3.63) is 61.4 Å². The first kappa shape index (κ1) is 20.9. The number of fused-ring (bicyclic) bond motifs is 2. The van der Waals surface area contributed by atoms with Gasteiger partial charge in [0.25, 0.3) is 5.56 Å². The Balaban J connectivity index is 1.67. The second-order valence-electron chi connectivity index (χ2n) is 7.21. The summed E-state index contributed by atoms with van der Waals surface area (Å²) in [5.41, 5.74) is -1.85. The Labute approximate surface area is 171 Å². The molecule has 2 aliphatic rings. The van der Waals surface area contributed by atoms with Gasteiger partial charge in [-0.3, -0.25) is 9.59 Å². The highest BCUT2D eigenvalue weighted by atomic mass is 19.4. The Morgan fingerprint density at radius 2 is 2.03 bits per heavy atom. The molecule has 1 aromatic heterocycles. The van der Waals surface area contributed by atoms with E-state index in [0.29, 0.717) is 6.07 Å². The van der Waals surface area contributed by atoms with Crippen LogP contribution in [-0.4, -0.2) is 30.2 Å². The Morgan fingerprint density at radius 3 is 2.74 bits per heavy atom. The van der Waals surface area contributed by atoms with Crippen LogP contribution in [0.15, 0.2) is 16.9 Å². The summed E-state index contributed by atoms with van der Waals surface area (Å²) in [6.45, 7) is 1.08. The van der Waals surface area contributed by atoms with E-state index in [1.807, 2.05) is 0 Å². The molecule has 4 rings (SSSR count). The normalized spacial score (nSPS) is 17.2. The van der Waals surface area contributed by atoms with Gasteiger partial charge < -0.3 is 20.4 Å². The lowest BCUT2D eigenvalue weighted by molar-refractivity contribution is -0.121. The molecule has 3 heterocycles. The number of aromatic amines is 1. The van der Waals surface area contributed by atoms with Gasteiger partial charge in [-0.05, 0) is 18.6 Å². The first-order valence-electron chi connectivity index (χ1n) is 9.24. The minimum absolute atomic E-state index is 0.0148. The highest BCUT2D eigenvalue weighted by Crippen LogP contribution is 2.35. The van der Waals surface area contributed by atoms with Crippen LogP contribution in [0.25, 0.3) is 11.8 Å². The number of carbonyl (C=O) groups excluding carboxylic acids is 1. The summed E-state index contributed by atoms with van der Waals surface area (Å²) in [7, 11) is 0. The van der Waals surface area contributed by atoms with Crippen molar-refractivity contribution in [3.8, 4) is 5.75 Å². The molecule has 0 aliphatic carbocycles. The van der Waals surface area contributed by atoms with Crippen LogP contribution >= 0.6 is 0 Å². The maximum absolute atomic E-state index is 14.1. The number of hydrogen-bond acceptors (Lipinski definition) is 4. The Hall–Kier alpha value is -3.37. The molecule has 1 atom stereocenters. The van der Waals surface area contributed by atoms with Crippen LogP contribution in [0.5, 0.6) is 5.75 Å². The Bertz CT molecular complexity index is 1270. The second kappa shape index (κ2) is 7.40. The van der Waals surface area contributed by atoms with E-state index in [1.54, 1.807) is 0 Å². The van der Waals surface area contributed by atoms with Crippen molar-refractivity contribution in [1.29, 1.82) is 0 Å². The molecular formula is C20H16F5N3O3. The molecule has 11 heteroatoms. The van der Waals surface area contributed by atoms with Crippen LogP contribution in [0.2, 0.25) is 0 Å². The summed E-state index contributed by atoms with van der Waals surface area (Å²) >= 11 is 0. The smallest absolute Gasteiger partial charge is 0.431 e. The van der Waals surface area contributed by atoms with Crippen molar-refractivity contribution in [2.45, 2.75) is 25.6 Å². The van der Waals surface area contributed by atoms with Gasteiger partial charge >= 0.3 is 6.18 Å². The SMILES string of the molecule is Cc1c(CC(=O)N[C@H]2COc3cc(F)cc(F)c32)c(=O)[nH]c2c1=C(C(F)(F)F)NCC=2. The predicted octanol–water partition coefficient (Wildman–Crippen LogP) is 0.808. The van der Waals surface area contributed by atoms with Crippen molar-refractivity contribution >= 4 is 17.7 Å². The van der Waals surface area contributed by atoms with Crippen LogP contribution in [0.1, 0.15) is 22.7 Å². The van der Waals surface area contributed by atoms with E-state index >= 15 is 0 Å². The molecule has 6 nitrogen and oxygen atoms in total. The van der Waals surface area contributed by atoms with E-state index in [2.05, 4.69) is 15.6 Å². The lowest BCUT2D eigenvalue weighted by Gasteiger charge is -2.19. The topological polar surface area (TPSA) is 83.2 Å². The third kappa shape index (κ3) is 3.75. The van der Waals surface area contributed by atoms with E-state index in [-0.39, 0.29) is 46.2 Å². The number of halogens is 5. The van der Waals surface area contributed by atoms with E-state index < -0.39 is 47.4 Å². The molecule has 0 unspecified atom stereocenters. The Morgan fingerprint density at radius 1 is 1.29 bits per heavy atom. The zero-order valence-corrected chi connectivity index (χ0v) is 16.0. The first-order valence-corrected chi connectivity index (χ1v) is 9.24. The van der Waals surface area contributed by atoms with Crippen molar-refractivity contribution < 1.29 is 31.5 Å². The lowest BCUT2D eigenvalue weighted by atomic mass is 10.0. The zero-order valence-electron chi connectivity index (χ0n) is 16.0. The number of amides is 1. The third-order valence-corrected chi connectivity index (χ3v) is 5.22. The molecule has 0 spiro atoms. The molecule has 164 valence electrons. The molecular weight excluding hydrogens is 425 g/mol. The molecule has 0 radical (unpaired) electrons. The molecule has 3 N–H and O–H groups in total. The van der Waals surface area contributed by atoms with E-state index in [0.717, 1.165) is 6.07 Å². The number of ether oxygens (including phenoxy) is 1. The summed E-state index contributed by atoms with van der Waals surface area (Å²) < 4.78 is 72.8. The van der Waals surface area contributed by atoms with Gasteiger partial charge in [0.1, 0.15) is 29.7 Å².